The van der Waals surface area contributed by atoms with Crippen molar-refractivity contribution in [1.29, 1.82) is 0 Å². The summed E-state index contributed by atoms with van der Waals surface area (Å²) in [4.78, 5) is 12.7. The van der Waals surface area contributed by atoms with E-state index in [0.717, 1.165) is 11.6 Å². The Bertz CT molecular complexity index is 379. The van der Waals surface area contributed by atoms with Crippen LogP contribution in [0.5, 0.6) is 0 Å². The molecule has 1 aromatic carbocycles. The summed E-state index contributed by atoms with van der Waals surface area (Å²) in [5.74, 6) is -1.57. The van der Waals surface area contributed by atoms with Crippen LogP contribution in [-0.2, 0) is 11.2 Å². The minimum atomic E-state index is -0.833. The predicted octanol–water partition coefficient (Wildman–Crippen LogP) is 2.03. The molecule has 0 spiro atoms. The molecule has 0 saturated carbocycles. The topological polar surface area (TPSA) is 20.3 Å². The SMILES string of the molecule is CC(=O)CN(C)CCc1ccc(F)c(F)c1. The second-order valence-electron chi connectivity index (χ2n) is 3.94. The summed E-state index contributed by atoms with van der Waals surface area (Å²) in [5.41, 5.74) is 0.731. The molecule has 0 atom stereocenters. The largest absolute Gasteiger partial charge is 0.299 e. The van der Waals surface area contributed by atoms with Gasteiger partial charge < -0.3 is 0 Å². The van der Waals surface area contributed by atoms with Crippen LogP contribution in [-0.4, -0.2) is 30.8 Å². The maximum absolute atomic E-state index is 12.9. The first-order valence-corrected chi connectivity index (χ1v) is 5.11. The highest BCUT2D eigenvalue weighted by Crippen LogP contribution is 2.09. The van der Waals surface area contributed by atoms with Gasteiger partial charge in [0.05, 0.1) is 6.54 Å². The van der Waals surface area contributed by atoms with Crippen molar-refractivity contribution < 1.29 is 13.6 Å². The highest BCUT2D eigenvalue weighted by atomic mass is 19.2. The molecule has 0 heterocycles. The normalized spacial score (nSPS) is 10.8. The van der Waals surface area contributed by atoms with Crippen molar-refractivity contribution in [2.75, 3.05) is 20.1 Å². The average Bonchev–Trinajstić information content (AvgIpc) is 2.19. The lowest BCUT2D eigenvalue weighted by Gasteiger charge is -2.14. The molecule has 0 aromatic heterocycles. The second-order valence-corrected chi connectivity index (χ2v) is 3.94. The van der Waals surface area contributed by atoms with E-state index < -0.39 is 11.6 Å². The van der Waals surface area contributed by atoms with Gasteiger partial charge in [0, 0.05) is 6.54 Å². The lowest BCUT2D eigenvalue weighted by atomic mass is 10.1. The lowest BCUT2D eigenvalue weighted by Crippen LogP contribution is -2.26. The van der Waals surface area contributed by atoms with Gasteiger partial charge in [0.15, 0.2) is 11.6 Å². The molecule has 0 aliphatic rings. The van der Waals surface area contributed by atoms with Crippen molar-refractivity contribution in [1.82, 2.24) is 4.90 Å². The molecule has 16 heavy (non-hydrogen) atoms. The van der Waals surface area contributed by atoms with E-state index in [4.69, 9.17) is 0 Å². The van der Waals surface area contributed by atoms with Crippen molar-refractivity contribution in [3.8, 4) is 0 Å². The number of hydrogen-bond acceptors (Lipinski definition) is 2. The van der Waals surface area contributed by atoms with Crippen LogP contribution in [0.1, 0.15) is 12.5 Å². The van der Waals surface area contributed by atoms with Gasteiger partial charge in [-0.15, -0.1) is 0 Å². The summed E-state index contributed by atoms with van der Waals surface area (Å²) < 4.78 is 25.5. The molecule has 0 fully saturated rings. The summed E-state index contributed by atoms with van der Waals surface area (Å²) in [6.07, 6.45) is 0.598. The first-order chi connectivity index (χ1) is 7.49. The molecule has 88 valence electrons. The molecule has 1 rings (SSSR count). The zero-order chi connectivity index (χ0) is 12.1. The van der Waals surface area contributed by atoms with Crippen LogP contribution >= 0.6 is 0 Å². The summed E-state index contributed by atoms with van der Waals surface area (Å²) >= 11 is 0. The van der Waals surface area contributed by atoms with E-state index in [1.54, 1.807) is 6.07 Å². The minimum absolute atomic E-state index is 0.0905. The Labute approximate surface area is 93.9 Å². The highest BCUT2D eigenvalue weighted by Gasteiger charge is 2.05. The van der Waals surface area contributed by atoms with Gasteiger partial charge in [-0.05, 0) is 38.1 Å². The second kappa shape index (κ2) is 5.70. The Hall–Kier alpha value is -1.29. The molecule has 0 N–H and O–H groups in total. The van der Waals surface area contributed by atoms with E-state index in [9.17, 15) is 13.6 Å². The Morgan fingerprint density at radius 2 is 2.00 bits per heavy atom. The molecule has 0 bridgehead atoms. The van der Waals surface area contributed by atoms with Gasteiger partial charge in [-0.2, -0.15) is 0 Å². The molecule has 0 amide bonds. The Morgan fingerprint density at radius 3 is 2.56 bits per heavy atom. The van der Waals surface area contributed by atoms with Crippen molar-refractivity contribution in [2.24, 2.45) is 0 Å². The molecule has 0 aliphatic heterocycles. The third kappa shape index (κ3) is 4.06. The number of carbonyl (C=O) groups excluding carboxylic acids is 1. The maximum atomic E-state index is 12.9. The molecule has 0 aliphatic carbocycles. The van der Waals surface area contributed by atoms with E-state index in [2.05, 4.69) is 0 Å². The number of likely N-dealkylation sites (N-methyl/N-ethyl adjacent to an activating group) is 1. The fourth-order valence-electron chi connectivity index (χ4n) is 1.47. The number of rotatable bonds is 5. The van der Waals surface area contributed by atoms with Crippen molar-refractivity contribution in [3.63, 3.8) is 0 Å². The number of halogens is 2. The van der Waals surface area contributed by atoms with Gasteiger partial charge in [0.1, 0.15) is 5.78 Å². The van der Waals surface area contributed by atoms with E-state index in [1.807, 2.05) is 11.9 Å². The molecular formula is C12H15F2NO. The van der Waals surface area contributed by atoms with Crippen LogP contribution in [0.15, 0.2) is 18.2 Å². The van der Waals surface area contributed by atoms with Gasteiger partial charge >= 0.3 is 0 Å². The third-order valence-electron chi connectivity index (χ3n) is 2.26. The van der Waals surface area contributed by atoms with E-state index in [1.165, 1.54) is 13.0 Å². The number of ketones is 1. The molecular weight excluding hydrogens is 212 g/mol. The van der Waals surface area contributed by atoms with Crippen LogP contribution in [0, 0.1) is 11.6 Å². The molecule has 1 aromatic rings. The van der Waals surface area contributed by atoms with Crippen molar-refractivity contribution in [2.45, 2.75) is 13.3 Å². The van der Waals surface area contributed by atoms with Gasteiger partial charge in [0.25, 0.3) is 0 Å². The Morgan fingerprint density at radius 1 is 1.31 bits per heavy atom. The van der Waals surface area contributed by atoms with Crippen LogP contribution in [0.4, 0.5) is 8.78 Å². The van der Waals surface area contributed by atoms with Gasteiger partial charge in [-0.3, -0.25) is 9.69 Å². The maximum Gasteiger partial charge on any atom is 0.159 e. The fraction of sp³-hybridized carbons (Fsp3) is 0.417. The van der Waals surface area contributed by atoms with E-state index >= 15 is 0 Å². The number of Topliss-reactive ketones (excluding diaryl/α,β-unsaturated/α-hetero) is 1. The van der Waals surface area contributed by atoms with Crippen molar-refractivity contribution >= 4 is 5.78 Å². The molecule has 4 heteroatoms. The number of hydrogen-bond donors (Lipinski definition) is 0. The molecule has 0 radical (unpaired) electrons. The predicted molar refractivity (Wildman–Crippen MR) is 58.2 cm³/mol. The Balaban J connectivity index is 2.48. The molecule has 2 nitrogen and oxygen atoms in total. The summed E-state index contributed by atoms with van der Waals surface area (Å²) in [6, 6.07) is 3.87. The highest BCUT2D eigenvalue weighted by molar-refractivity contribution is 5.77. The van der Waals surface area contributed by atoms with Crippen LogP contribution in [0.3, 0.4) is 0 Å². The lowest BCUT2D eigenvalue weighted by molar-refractivity contribution is -0.117. The fourth-order valence-corrected chi connectivity index (χ4v) is 1.47. The zero-order valence-corrected chi connectivity index (χ0v) is 9.46. The first-order valence-electron chi connectivity index (χ1n) is 5.11. The number of nitrogens with zero attached hydrogens (tertiary/aromatic N) is 1. The Kier molecular flexibility index (Phi) is 4.55. The summed E-state index contributed by atoms with van der Waals surface area (Å²) in [6.45, 7) is 2.54. The number of benzene rings is 1. The smallest absolute Gasteiger partial charge is 0.159 e. The van der Waals surface area contributed by atoms with Gasteiger partial charge in [-0.25, -0.2) is 8.78 Å². The molecule has 0 unspecified atom stereocenters. The van der Waals surface area contributed by atoms with Crippen LogP contribution in [0.25, 0.3) is 0 Å². The standard InChI is InChI=1S/C12H15F2NO/c1-9(16)8-15(2)6-5-10-3-4-11(13)12(14)7-10/h3-4,7H,5-6,8H2,1-2H3. The van der Waals surface area contributed by atoms with Gasteiger partial charge in [0.2, 0.25) is 0 Å². The van der Waals surface area contributed by atoms with Crippen LogP contribution in [0.2, 0.25) is 0 Å². The minimum Gasteiger partial charge on any atom is -0.299 e. The van der Waals surface area contributed by atoms with E-state index in [-0.39, 0.29) is 5.78 Å². The first kappa shape index (κ1) is 12.8. The number of carbonyl (C=O) groups is 1. The monoisotopic (exact) mass is 227 g/mol. The molecule has 0 saturated heterocycles. The quantitative estimate of drug-likeness (QED) is 0.767. The van der Waals surface area contributed by atoms with E-state index in [0.29, 0.717) is 19.5 Å². The summed E-state index contributed by atoms with van der Waals surface area (Å²) in [5, 5.41) is 0. The zero-order valence-electron chi connectivity index (χ0n) is 9.46. The van der Waals surface area contributed by atoms with Crippen molar-refractivity contribution in [3.05, 3.63) is 35.4 Å². The summed E-state index contributed by atoms with van der Waals surface area (Å²) in [7, 11) is 1.82. The third-order valence-corrected chi connectivity index (χ3v) is 2.26. The average molecular weight is 227 g/mol. The van der Waals surface area contributed by atoms with Crippen LogP contribution < -0.4 is 0 Å². The van der Waals surface area contributed by atoms with Gasteiger partial charge in [-0.1, -0.05) is 6.07 Å².